The first-order chi connectivity index (χ1) is 18.7. The minimum atomic E-state index is -0.887. The molecule has 2 N–H and O–H groups in total. The molecule has 0 bridgehead atoms. The number of carbonyl (C=O) groups excluding carboxylic acids is 1. The van der Waals surface area contributed by atoms with Gasteiger partial charge in [-0.05, 0) is 55.2 Å². The van der Waals surface area contributed by atoms with Crippen molar-refractivity contribution in [2.75, 3.05) is 25.0 Å². The summed E-state index contributed by atoms with van der Waals surface area (Å²) in [5, 5.41) is 13.7. The molecule has 6 nitrogen and oxygen atoms in total. The quantitative estimate of drug-likeness (QED) is 0.191. The normalized spacial score (nSPS) is 11.8. The van der Waals surface area contributed by atoms with E-state index in [0.29, 0.717) is 17.0 Å². The molecule has 0 saturated heterocycles. The smallest absolute Gasteiger partial charge is 0.303 e. The minimum Gasteiger partial charge on any atom is -0.481 e. The van der Waals surface area contributed by atoms with Gasteiger partial charge in [0.1, 0.15) is 5.82 Å². The number of benzene rings is 3. The monoisotopic (exact) mass is 607 g/mol. The zero-order valence-corrected chi connectivity index (χ0v) is 24.3. The average Bonchev–Trinajstić information content (AvgIpc) is 2.92. The van der Waals surface area contributed by atoms with Gasteiger partial charge in [-0.3, -0.25) is 9.59 Å². The Labute approximate surface area is 242 Å². The lowest BCUT2D eigenvalue weighted by Gasteiger charge is -2.24. The van der Waals surface area contributed by atoms with Gasteiger partial charge in [-0.15, -0.1) is 0 Å². The van der Waals surface area contributed by atoms with Crippen LogP contribution in [0, 0.1) is 6.92 Å². The van der Waals surface area contributed by atoms with Gasteiger partial charge < -0.3 is 15.3 Å². The molecular weight excluding hydrogens is 578 g/mol. The number of hydrogen-bond donors (Lipinski definition) is 2. The van der Waals surface area contributed by atoms with Gasteiger partial charge in [-0.1, -0.05) is 76.1 Å². The van der Waals surface area contributed by atoms with Crippen molar-refractivity contribution in [3.63, 3.8) is 0 Å². The highest BCUT2D eigenvalue weighted by Gasteiger charge is 2.23. The number of fused-ring (bicyclic) bond motifs is 1. The van der Waals surface area contributed by atoms with Gasteiger partial charge in [0.25, 0.3) is 5.91 Å². The number of aromatic nitrogens is 1. The maximum absolute atomic E-state index is 13.8. The van der Waals surface area contributed by atoms with Crippen molar-refractivity contribution in [2.24, 2.45) is 0 Å². The number of rotatable bonds is 11. The second kappa shape index (κ2) is 13.1. The van der Waals surface area contributed by atoms with E-state index >= 15 is 0 Å². The Bertz CT molecular complexity index is 1480. The molecule has 0 saturated carbocycles. The van der Waals surface area contributed by atoms with Crippen LogP contribution in [0.2, 0.25) is 5.02 Å². The molecule has 202 valence electrons. The number of nitrogens with one attached hydrogen (secondary N) is 1. The summed E-state index contributed by atoms with van der Waals surface area (Å²) in [6.45, 7) is 2.92. The van der Waals surface area contributed by atoms with Crippen LogP contribution >= 0.6 is 27.5 Å². The van der Waals surface area contributed by atoms with Crippen LogP contribution in [0.1, 0.15) is 45.8 Å². The van der Waals surface area contributed by atoms with E-state index in [2.05, 4.69) is 38.3 Å². The molecule has 1 heterocycles. The number of carboxylic acids is 1. The molecular formula is C31H31BrClN3O3. The summed E-state index contributed by atoms with van der Waals surface area (Å²) >= 11 is 9.97. The van der Waals surface area contributed by atoms with Crippen molar-refractivity contribution in [3.8, 4) is 0 Å². The molecule has 4 aromatic rings. The Kier molecular flexibility index (Phi) is 9.59. The first-order valence-corrected chi connectivity index (χ1v) is 14.0. The van der Waals surface area contributed by atoms with Gasteiger partial charge >= 0.3 is 5.97 Å². The molecule has 1 unspecified atom stereocenters. The highest BCUT2D eigenvalue weighted by Crippen LogP contribution is 2.31. The van der Waals surface area contributed by atoms with E-state index in [9.17, 15) is 14.7 Å². The number of anilines is 1. The first-order valence-electron chi connectivity index (χ1n) is 12.8. The predicted molar refractivity (Wildman–Crippen MR) is 161 cm³/mol. The third-order valence-corrected chi connectivity index (χ3v) is 7.73. The van der Waals surface area contributed by atoms with Crippen molar-refractivity contribution in [1.82, 2.24) is 10.3 Å². The topological polar surface area (TPSA) is 82.5 Å². The van der Waals surface area contributed by atoms with Crippen molar-refractivity contribution >= 4 is 56.1 Å². The van der Waals surface area contributed by atoms with E-state index in [1.54, 1.807) is 6.07 Å². The van der Waals surface area contributed by atoms with Gasteiger partial charge in [0.2, 0.25) is 0 Å². The lowest BCUT2D eigenvalue weighted by Crippen LogP contribution is -2.31. The summed E-state index contributed by atoms with van der Waals surface area (Å²) in [6, 6.07) is 23.4. The Hall–Kier alpha value is -3.42. The van der Waals surface area contributed by atoms with Crippen LogP contribution in [-0.2, 0) is 11.2 Å². The predicted octanol–water partition coefficient (Wildman–Crippen LogP) is 7.02. The van der Waals surface area contributed by atoms with E-state index in [1.165, 1.54) is 5.56 Å². The zero-order chi connectivity index (χ0) is 27.9. The number of likely N-dealkylation sites (N-methyl/N-ethyl adjacent to an activating group) is 1. The standard InChI is InChI=1S/C31H31BrClN3O3/c1-20-29(31(39)34-19-22(12-15-28(37)38)24-10-6-7-11-26(24)33)25-18-23(32)13-14-27(25)35-30(20)36(2)17-16-21-8-4-3-5-9-21/h3-11,13-14,18,22H,12,15-17,19H2,1-2H3,(H,34,39)(H,37,38). The molecule has 1 aromatic heterocycles. The van der Waals surface area contributed by atoms with E-state index < -0.39 is 5.97 Å². The maximum atomic E-state index is 13.8. The van der Waals surface area contributed by atoms with Crippen LogP contribution in [0.15, 0.2) is 77.3 Å². The molecule has 1 amide bonds. The van der Waals surface area contributed by atoms with Crippen LogP contribution in [0.25, 0.3) is 10.9 Å². The fourth-order valence-corrected chi connectivity index (χ4v) is 5.46. The summed E-state index contributed by atoms with van der Waals surface area (Å²) in [7, 11) is 1.99. The molecule has 0 spiro atoms. The second-order valence-electron chi connectivity index (χ2n) is 9.61. The van der Waals surface area contributed by atoms with Gasteiger partial charge in [0, 0.05) is 52.9 Å². The molecule has 0 radical (unpaired) electrons. The SMILES string of the molecule is Cc1c(N(C)CCc2ccccc2)nc2ccc(Br)cc2c1C(=O)NCC(CCC(=O)O)c1ccccc1Cl. The zero-order valence-electron chi connectivity index (χ0n) is 22.0. The van der Waals surface area contributed by atoms with Gasteiger partial charge in [-0.2, -0.15) is 0 Å². The van der Waals surface area contributed by atoms with Crippen molar-refractivity contribution < 1.29 is 14.7 Å². The Morgan fingerprint density at radius 2 is 1.79 bits per heavy atom. The average molecular weight is 609 g/mol. The first kappa shape index (κ1) is 28.6. The number of aliphatic carboxylic acids is 1. The molecule has 0 aliphatic heterocycles. The van der Waals surface area contributed by atoms with Crippen LogP contribution in [0.3, 0.4) is 0 Å². The lowest BCUT2D eigenvalue weighted by molar-refractivity contribution is -0.137. The lowest BCUT2D eigenvalue weighted by atomic mass is 9.93. The van der Waals surface area contributed by atoms with E-state index in [1.807, 2.05) is 68.6 Å². The van der Waals surface area contributed by atoms with Crippen LogP contribution in [-0.4, -0.2) is 42.1 Å². The number of carbonyl (C=O) groups is 2. The third kappa shape index (κ3) is 7.16. The fraction of sp³-hybridized carbons (Fsp3) is 0.258. The molecule has 0 aliphatic carbocycles. The molecule has 3 aromatic carbocycles. The summed E-state index contributed by atoms with van der Waals surface area (Å²) in [5.74, 6) is -0.614. The highest BCUT2D eigenvalue weighted by atomic mass is 79.9. The minimum absolute atomic E-state index is 0.0215. The van der Waals surface area contributed by atoms with Gasteiger partial charge in [-0.25, -0.2) is 4.98 Å². The number of amides is 1. The maximum Gasteiger partial charge on any atom is 0.303 e. The number of pyridine rings is 1. The number of hydrogen-bond acceptors (Lipinski definition) is 4. The molecule has 39 heavy (non-hydrogen) atoms. The van der Waals surface area contributed by atoms with Crippen molar-refractivity contribution in [3.05, 3.63) is 105 Å². The number of nitrogens with zero attached hydrogens (tertiary/aromatic N) is 2. The van der Waals surface area contributed by atoms with Crippen molar-refractivity contribution in [2.45, 2.75) is 32.1 Å². The number of carboxylic acid groups (broad SMARTS) is 1. The largest absolute Gasteiger partial charge is 0.481 e. The highest BCUT2D eigenvalue weighted by molar-refractivity contribution is 9.10. The molecule has 8 heteroatoms. The Morgan fingerprint density at radius 3 is 2.51 bits per heavy atom. The Morgan fingerprint density at radius 1 is 1.08 bits per heavy atom. The molecule has 1 atom stereocenters. The van der Waals surface area contributed by atoms with E-state index in [0.717, 1.165) is 45.3 Å². The Balaban J connectivity index is 1.63. The summed E-state index contributed by atoms with van der Waals surface area (Å²) < 4.78 is 0.853. The molecule has 0 aliphatic rings. The van der Waals surface area contributed by atoms with E-state index in [4.69, 9.17) is 16.6 Å². The van der Waals surface area contributed by atoms with Crippen LogP contribution < -0.4 is 10.2 Å². The summed E-state index contributed by atoms with van der Waals surface area (Å²) in [4.78, 5) is 32.1. The van der Waals surface area contributed by atoms with Gasteiger partial charge in [0.15, 0.2) is 0 Å². The van der Waals surface area contributed by atoms with Gasteiger partial charge in [0.05, 0.1) is 11.1 Å². The second-order valence-corrected chi connectivity index (χ2v) is 10.9. The van der Waals surface area contributed by atoms with Crippen molar-refractivity contribution in [1.29, 1.82) is 0 Å². The summed E-state index contributed by atoms with van der Waals surface area (Å²) in [6.07, 6.45) is 1.18. The van der Waals surface area contributed by atoms with Crippen LogP contribution in [0.5, 0.6) is 0 Å². The summed E-state index contributed by atoms with van der Waals surface area (Å²) in [5.41, 5.74) is 4.12. The van der Waals surface area contributed by atoms with Crippen LogP contribution in [0.4, 0.5) is 5.82 Å². The molecule has 0 fully saturated rings. The third-order valence-electron chi connectivity index (χ3n) is 6.89. The van der Waals surface area contributed by atoms with E-state index in [-0.39, 0.29) is 24.8 Å². The number of halogens is 2. The fourth-order valence-electron chi connectivity index (χ4n) is 4.81. The molecule has 4 rings (SSSR count).